The molecule has 2 aromatic carbocycles. The van der Waals surface area contributed by atoms with Gasteiger partial charge in [-0.2, -0.15) is 0 Å². The van der Waals surface area contributed by atoms with Crippen LogP contribution in [0.15, 0.2) is 53.9 Å². The van der Waals surface area contributed by atoms with Crippen LogP contribution in [0.2, 0.25) is 0 Å². The maximum atomic E-state index is 14.5. The standard InChI is InChI=1S/C47H61N5O7S2/c1-9-31-25-47(31,45(55)52-61(56,57)34-17-18-34)51-43(54)30-16-15-29(22-38(53)42(46(5,6)7)48-32-13-11-10-12-14-32)21-33(23-30)59-40-24-36(44-50-37(26-60-44)27(2)3)49-41-28(4)39(58-8)20-19-35(40)41/h10-14,19-20,24,26-27,29-31,33-34,42,48H,9,15-18,21-23,25H2,1-8H3,(H,51,54)(H,52,55). The number of nitrogens with one attached hydrogen (secondary N) is 3. The first-order chi connectivity index (χ1) is 28.9. The fourth-order valence-electron chi connectivity index (χ4n) is 8.83. The Morgan fingerprint density at radius 1 is 0.984 bits per heavy atom. The van der Waals surface area contributed by atoms with E-state index >= 15 is 0 Å². The largest absolute Gasteiger partial charge is 0.496 e. The van der Waals surface area contributed by atoms with Crippen molar-refractivity contribution < 1.29 is 32.3 Å². The van der Waals surface area contributed by atoms with Crippen LogP contribution in [0.1, 0.15) is 117 Å². The molecule has 6 atom stereocenters. The number of ether oxygens (including phenoxy) is 2. The average Bonchev–Trinajstić information content (AvgIpc) is 4.14. The van der Waals surface area contributed by atoms with Crippen LogP contribution in [0, 0.1) is 30.1 Å². The lowest BCUT2D eigenvalue weighted by Crippen LogP contribution is -2.53. The van der Waals surface area contributed by atoms with E-state index in [2.05, 4.69) is 55.4 Å². The summed E-state index contributed by atoms with van der Waals surface area (Å²) in [5, 5.41) is 9.61. The third-order valence-electron chi connectivity index (χ3n) is 12.7. The Morgan fingerprint density at radius 2 is 1.72 bits per heavy atom. The molecular formula is C47H61N5O7S2. The number of fused-ring (bicyclic) bond motifs is 1. The first-order valence-corrected chi connectivity index (χ1v) is 24.2. The molecular weight excluding hydrogens is 811 g/mol. The number of ketones is 1. The molecule has 2 aromatic heterocycles. The van der Waals surface area contributed by atoms with Crippen LogP contribution in [-0.2, 0) is 24.4 Å². The van der Waals surface area contributed by atoms with E-state index in [0.29, 0.717) is 68.6 Å². The molecule has 0 spiro atoms. The van der Waals surface area contributed by atoms with Crippen LogP contribution < -0.4 is 24.8 Å². The molecule has 3 fully saturated rings. The number of methoxy groups -OCH3 is 1. The lowest BCUT2D eigenvalue weighted by atomic mass is 9.80. The van der Waals surface area contributed by atoms with Gasteiger partial charge in [-0.05, 0) is 99.3 Å². The summed E-state index contributed by atoms with van der Waals surface area (Å²) in [4.78, 5) is 52.5. The van der Waals surface area contributed by atoms with Crippen LogP contribution in [-0.4, -0.2) is 66.0 Å². The number of rotatable bonds is 16. The Balaban J connectivity index is 1.21. The summed E-state index contributed by atoms with van der Waals surface area (Å²) < 4.78 is 40.8. The number of benzene rings is 2. The topological polar surface area (TPSA) is 166 Å². The molecule has 3 saturated carbocycles. The second-order valence-electron chi connectivity index (χ2n) is 18.8. The van der Waals surface area contributed by atoms with E-state index in [1.54, 1.807) is 7.11 Å². The van der Waals surface area contributed by atoms with Gasteiger partial charge in [0.15, 0.2) is 5.78 Å². The van der Waals surface area contributed by atoms with Gasteiger partial charge in [0.2, 0.25) is 15.9 Å². The number of sulfonamides is 1. The van der Waals surface area contributed by atoms with Gasteiger partial charge >= 0.3 is 0 Å². The molecule has 328 valence electrons. The van der Waals surface area contributed by atoms with E-state index in [1.165, 1.54) is 11.3 Å². The number of aryl methyl sites for hydroxylation is 1. The lowest BCUT2D eigenvalue weighted by molar-refractivity contribution is -0.132. The van der Waals surface area contributed by atoms with Crippen LogP contribution >= 0.6 is 11.3 Å². The molecule has 3 aliphatic rings. The Morgan fingerprint density at radius 3 is 2.34 bits per heavy atom. The van der Waals surface area contributed by atoms with E-state index < -0.39 is 44.8 Å². The second kappa shape index (κ2) is 17.7. The number of nitrogens with zero attached hydrogens (tertiary/aromatic N) is 2. The molecule has 0 aliphatic heterocycles. The third-order valence-corrected chi connectivity index (χ3v) is 15.4. The summed E-state index contributed by atoms with van der Waals surface area (Å²) in [7, 11) is -2.17. The van der Waals surface area contributed by atoms with Crippen molar-refractivity contribution >= 4 is 55.5 Å². The fraction of sp³-hybridized carbons (Fsp3) is 0.553. The van der Waals surface area contributed by atoms with Gasteiger partial charge in [0, 0.05) is 40.4 Å². The van der Waals surface area contributed by atoms with Crippen molar-refractivity contribution in [1.82, 2.24) is 20.0 Å². The number of carbonyl (C=O) groups excluding carboxylic acids is 3. The Bertz CT molecular complexity index is 2370. The lowest BCUT2D eigenvalue weighted by Gasteiger charge is -2.32. The maximum absolute atomic E-state index is 14.5. The number of hydrogen-bond donors (Lipinski definition) is 3. The molecule has 14 heteroatoms. The fourth-order valence-corrected chi connectivity index (χ4v) is 11.1. The van der Waals surface area contributed by atoms with Gasteiger partial charge in [0.05, 0.1) is 35.7 Å². The average molecular weight is 872 g/mol. The molecule has 6 unspecified atom stereocenters. The summed E-state index contributed by atoms with van der Waals surface area (Å²) in [6, 6.07) is 15.1. The predicted octanol–water partition coefficient (Wildman–Crippen LogP) is 8.73. The molecule has 0 bridgehead atoms. The number of amides is 2. The summed E-state index contributed by atoms with van der Waals surface area (Å²) in [6.45, 7) is 14.3. The monoisotopic (exact) mass is 871 g/mol. The highest BCUT2D eigenvalue weighted by Crippen LogP contribution is 2.47. The summed E-state index contributed by atoms with van der Waals surface area (Å²) in [6.07, 6.45) is 3.74. The van der Waals surface area contributed by atoms with Crippen LogP contribution in [0.5, 0.6) is 11.5 Å². The highest BCUT2D eigenvalue weighted by molar-refractivity contribution is 7.91. The molecule has 61 heavy (non-hydrogen) atoms. The number of carbonyl (C=O) groups is 3. The highest BCUT2D eigenvalue weighted by Gasteiger charge is 2.61. The van der Waals surface area contributed by atoms with Gasteiger partial charge < -0.3 is 20.1 Å². The van der Waals surface area contributed by atoms with Crippen molar-refractivity contribution in [2.24, 2.45) is 23.2 Å². The number of hydrogen-bond acceptors (Lipinski definition) is 11. The zero-order chi connectivity index (χ0) is 43.9. The minimum absolute atomic E-state index is 0.0864. The van der Waals surface area contributed by atoms with Crippen molar-refractivity contribution in [3.63, 3.8) is 0 Å². The highest BCUT2D eigenvalue weighted by atomic mass is 32.2. The Hall–Kier alpha value is -4.56. The van der Waals surface area contributed by atoms with E-state index in [4.69, 9.17) is 19.4 Å². The third kappa shape index (κ3) is 9.90. The molecule has 2 amide bonds. The van der Waals surface area contributed by atoms with E-state index in [-0.39, 0.29) is 41.3 Å². The van der Waals surface area contributed by atoms with Gasteiger partial charge in [0.25, 0.3) is 5.91 Å². The van der Waals surface area contributed by atoms with Crippen LogP contribution in [0.3, 0.4) is 0 Å². The van der Waals surface area contributed by atoms with Gasteiger partial charge in [0.1, 0.15) is 27.7 Å². The molecule has 12 nitrogen and oxygen atoms in total. The molecule has 0 saturated heterocycles. The minimum Gasteiger partial charge on any atom is -0.496 e. The van der Waals surface area contributed by atoms with E-state index in [0.717, 1.165) is 32.9 Å². The number of pyridine rings is 1. The first-order valence-electron chi connectivity index (χ1n) is 21.8. The van der Waals surface area contributed by atoms with Gasteiger partial charge in [-0.1, -0.05) is 66.2 Å². The van der Waals surface area contributed by atoms with E-state index in [9.17, 15) is 22.8 Å². The molecule has 3 N–H and O–H groups in total. The summed E-state index contributed by atoms with van der Waals surface area (Å²) in [5.41, 5.74) is 2.42. The quantitative estimate of drug-likeness (QED) is 0.0928. The molecule has 0 radical (unpaired) electrons. The number of thiazole rings is 1. The van der Waals surface area contributed by atoms with Gasteiger partial charge in [-0.3, -0.25) is 19.1 Å². The zero-order valence-corrected chi connectivity index (χ0v) is 38.3. The van der Waals surface area contributed by atoms with Crippen molar-refractivity contribution in [3.05, 3.63) is 65.2 Å². The van der Waals surface area contributed by atoms with Crippen molar-refractivity contribution in [2.45, 2.75) is 135 Å². The smallest absolute Gasteiger partial charge is 0.259 e. The predicted molar refractivity (Wildman–Crippen MR) is 240 cm³/mol. The van der Waals surface area contributed by atoms with Crippen molar-refractivity contribution in [2.75, 3.05) is 12.4 Å². The second-order valence-corrected chi connectivity index (χ2v) is 21.6. The van der Waals surface area contributed by atoms with Crippen molar-refractivity contribution in [3.8, 4) is 22.2 Å². The van der Waals surface area contributed by atoms with Crippen LogP contribution in [0.4, 0.5) is 5.69 Å². The Labute approximate surface area is 364 Å². The number of Topliss-reactive ketones (excluding diaryl/α,β-unsaturated/α-hetero) is 1. The number of aromatic nitrogens is 2. The molecule has 4 aromatic rings. The maximum Gasteiger partial charge on any atom is 0.259 e. The van der Waals surface area contributed by atoms with Crippen molar-refractivity contribution in [1.29, 1.82) is 0 Å². The number of anilines is 1. The summed E-state index contributed by atoms with van der Waals surface area (Å²) in [5.74, 6) is -0.190. The SMILES string of the molecule is CCC1CC1(NC(=O)C1CCC(CC(=O)C(Nc2ccccc2)C(C)(C)C)CC(Oc2cc(-c3nc(C(C)C)cs3)nc3c(C)c(OC)ccc23)C1)C(=O)NS(=O)(=O)C1CC1. The number of para-hydroxylation sites is 1. The van der Waals surface area contributed by atoms with Gasteiger partial charge in [-0.15, -0.1) is 11.3 Å². The van der Waals surface area contributed by atoms with Gasteiger partial charge in [-0.25, -0.2) is 18.4 Å². The Kier molecular flexibility index (Phi) is 12.9. The molecule has 3 aliphatic carbocycles. The minimum atomic E-state index is -3.80. The molecule has 7 rings (SSSR count). The van der Waals surface area contributed by atoms with Crippen LogP contribution in [0.25, 0.3) is 21.6 Å². The van der Waals surface area contributed by atoms with E-state index in [1.807, 2.05) is 62.4 Å². The zero-order valence-electron chi connectivity index (χ0n) is 36.7. The molecule has 2 heterocycles. The normalized spacial score (nSPS) is 23.5. The summed E-state index contributed by atoms with van der Waals surface area (Å²) >= 11 is 1.53. The first kappa shape index (κ1) is 44.5.